The number of hydrogen-bond acceptors (Lipinski definition) is 6. The summed E-state index contributed by atoms with van der Waals surface area (Å²) >= 11 is 0. The number of alkyl halides is 3. The minimum Gasteiger partial charge on any atom is -0.455 e. The van der Waals surface area contributed by atoms with Gasteiger partial charge in [0, 0.05) is 22.3 Å². The Balaban J connectivity index is 0.00000400. The quantitative estimate of drug-likeness (QED) is 0.439. The van der Waals surface area contributed by atoms with Gasteiger partial charge < -0.3 is 14.5 Å². The maximum atomic E-state index is 13.5. The van der Waals surface area contributed by atoms with Gasteiger partial charge in [0.15, 0.2) is 6.10 Å². The Bertz CT molecular complexity index is 1420. The first kappa shape index (κ1) is 29.0. The van der Waals surface area contributed by atoms with Crippen LogP contribution in [0.2, 0.25) is 0 Å². The number of hydrogen-bond donors (Lipinski definition) is 1. The van der Waals surface area contributed by atoms with Gasteiger partial charge in [0.05, 0.1) is 18.7 Å². The van der Waals surface area contributed by atoms with E-state index in [1.807, 2.05) is 0 Å². The van der Waals surface area contributed by atoms with E-state index in [1.165, 1.54) is 35.2 Å². The number of nitrogens with one attached hydrogen (secondary N) is 1. The van der Waals surface area contributed by atoms with Crippen LogP contribution in [0.5, 0.6) is 0 Å². The molecule has 38 heavy (non-hydrogen) atoms. The highest BCUT2D eigenvalue weighted by Gasteiger charge is 2.44. The fourth-order valence-corrected chi connectivity index (χ4v) is 4.21. The maximum absolute atomic E-state index is 13.5. The molecule has 0 bridgehead atoms. The van der Waals surface area contributed by atoms with Crippen LogP contribution in [0.1, 0.15) is 19.4 Å². The van der Waals surface area contributed by atoms with E-state index in [9.17, 15) is 27.6 Å². The molecule has 1 atom stereocenters. The lowest BCUT2D eigenvalue weighted by Gasteiger charge is -2.30. The molecule has 1 aliphatic heterocycles. The van der Waals surface area contributed by atoms with Crippen molar-refractivity contribution in [3.05, 3.63) is 64.4 Å². The topological polar surface area (TPSA) is 91.9 Å². The Hall–Kier alpha value is -3.57. The van der Waals surface area contributed by atoms with E-state index in [1.54, 1.807) is 45.0 Å². The van der Waals surface area contributed by atoms with E-state index in [-0.39, 0.29) is 42.1 Å². The number of likely N-dealkylation sites (N-methyl/N-ethyl adjacent to an activating group) is 1. The Morgan fingerprint density at radius 1 is 1.13 bits per heavy atom. The molecule has 204 valence electrons. The number of aromatic amines is 1. The zero-order valence-electron chi connectivity index (χ0n) is 21.1. The van der Waals surface area contributed by atoms with E-state index in [2.05, 4.69) is 4.98 Å². The second-order valence-corrected chi connectivity index (χ2v) is 9.63. The third-order valence-electron chi connectivity index (χ3n) is 6.07. The van der Waals surface area contributed by atoms with Crippen molar-refractivity contribution >= 4 is 40.9 Å². The van der Waals surface area contributed by atoms with Crippen LogP contribution in [0.15, 0.2) is 53.3 Å². The molecule has 1 N–H and O–H groups in total. The van der Waals surface area contributed by atoms with Crippen molar-refractivity contribution < 1.29 is 32.2 Å². The molecule has 2 heterocycles. The van der Waals surface area contributed by atoms with Crippen LogP contribution in [-0.2, 0) is 20.4 Å². The highest BCUT2D eigenvalue weighted by Crippen LogP contribution is 2.37. The summed E-state index contributed by atoms with van der Waals surface area (Å²) in [4.78, 5) is 43.2. The van der Waals surface area contributed by atoms with Gasteiger partial charge in [0.2, 0.25) is 0 Å². The lowest BCUT2D eigenvalue weighted by atomic mass is 10.0. The molecule has 0 spiro atoms. The van der Waals surface area contributed by atoms with Crippen LogP contribution in [-0.4, -0.2) is 60.8 Å². The number of esters is 1. The van der Waals surface area contributed by atoms with Crippen molar-refractivity contribution in [1.29, 1.82) is 0 Å². The Morgan fingerprint density at radius 3 is 2.47 bits per heavy atom. The van der Waals surface area contributed by atoms with Crippen molar-refractivity contribution in [2.45, 2.75) is 31.7 Å². The number of carbonyl (C=O) groups excluding carboxylic acids is 2. The van der Waals surface area contributed by atoms with Crippen molar-refractivity contribution in [2.75, 3.05) is 32.1 Å². The van der Waals surface area contributed by atoms with Crippen LogP contribution in [0.3, 0.4) is 0 Å². The van der Waals surface area contributed by atoms with E-state index >= 15 is 0 Å². The number of anilines is 1. The Kier molecular flexibility index (Phi) is 8.13. The first-order valence-electron chi connectivity index (χ1n) is 11.4. The normalized spacial score (nSPS) is 15.9. The lowest BCUT2D eigenvalue weighted by Crippen LogP contribution is -2.44. The van der Waals surface area contributed by atoms with Crippen LogP contribution >= 0.6 is 12.4 Å². The molecule has 0 radical (unpaired) electrons. The highest BCUT2D eigenvalue weighted by molar-refractivity contribution is 5.95. The number of benzene rings is 2. The Labute approximate surface area is 222 Å². The number of ether oxygens (including phenoxy) is 2. The average Bonchev–Trinajstić information content (AvgIpc) is 3.20. The van der Waals surface area contributed by atoms with Gasteiger partial charge in [-0.1, -0.05) is 24.3 Å². The number of H-pyrrole nitrogens is 1. The monoisotopic (exact) mass is 553 g/mol. The number of pyridine rings is 1. The molecular formula is C26H27ClF3N3O5. The summed E-state index contributed by atoms with van der Waals surface area (Å²) in [7, 11) is 3.45. The molecule has 0 saturated carbocycles. The fraction of sp³-hybridized carbons (Fsp3) is 0.346. The van der Waals surface area contributed by atoms with Crippen LogP contribution in [0, 0.1) is 0 Å². The van der Waals surface area contributed by atoms with E-state index < -0.39 is 41.1 Å². The molecule has 1 amide bonds. The fourth-order valence-electron chi connectivity index (χ4n) is 4.21. The number of cyclic esters (lactones) is 1. The zero-order chi connectivity index (χ0) is 27.1. The predicted molar refractivity (Wildman–Crippen MR) is 139 cm³/mol. The second-order valence-electron chi connectivity index (χ2n) is 9.63. The van der Waals surface area contributed by atoms with Gasteiger partial charge in [-0.2, -0.15) is 13.2 Å². The number of aromatic nitrogens is 1. The van der Waals surface area contributed by atoms with Crippen molar-refractivity contribution in [3.8, 4) is 11.3 Å². The third kappa shape index (κ3) is 5.94. The molecule has 1 aromatic heterocycles. The molecular weight excluding hydrogens is 527 g/mol. The summed E-state index contributed by atoms with van der Waals surface area (Å²) in [6.45, 7) is 3.43. The number of amides is 1. The smallest absolute Gasteiger partial charge is 0.417 e. The van der Waals surface area contributed by atoms with Gasteiger partial charge in [-0.3, -0.25) is 19.4 Å². The summed E-state index contributed by atoms with van der Waals surface area (Å²) in [6, 6.07) is 11.1. The summed E-state index contributed by atoms with van der Waals surface area (Å²) in [5, 5.41) is 0.597. The first-order valence-corrected chi connectivity index (χ1v) is 11.4. The minimum absolute atomic E-state index is 0. The molecule has 8 nitrogen and oxygen atoms in total. The lowest BCUT2D eigenvalue weighted by molar-refractivity contribution is -0.165. The molecule has 1 aliphatic rings. The average molecular weight is 554 g/mol. The second kappa shape index (κ2) is 10.7. The molecule has 0 unspecified atom stereocenters. The molecule has 1 saturated heterocycles. The number of fused-ring (bicyclic) bond motifs is 1. The number of rotatable bonds is 6. The highest BCUT2D eigenvalue weighted by atomic mass is 35.5. The van der Waals surface area contributed by atoms with E-state index in [0.29, 0.717) is 11.1 Å². The third-order valence-corrected chi connectivity index (χ3v) is 6.07. The summed E-state index contributed by atoms with van der Waals surface area (Å²) in [5.74, 6) is -0.468. The van der Waals surface area contributed by atoms with Crippen LogP contribution in [0.25, 0.3) is 22.0 Å². The minimum atomic E-state index is -4.59. The van der Waals surface area contributed by atoms with Crippen LogP contribution < -0.4 is 10.5 Å². The number of carbonyl (C=O) groups is 2. The van der Waals surface area contributed by atoms with Crippen molar-refractivity contribution in [2.24, 2.45) is 0 Å². The zero-order valence-corrected chi connectivity index (χ0v) is 21.9. The van der Waals surface area contributed by atoms with Gasteiger partial charge >= 0.3 is 18.2 Å². The molecule has 4 rings (SSSR count). The van der Waals surface area contributed by atoms with Crippen molar-refractivity contribution in [1.82, 2.24) is 9.88 Å². The predicted octanol–water partition coefficient (Wildman–Crippen LogP) is 4.84. The van der Waals surface area contributed by atoms with Gasteiger partial charge in [0.25, 0.3) is 5.56 Å². The first-order chi connectivity index (χ1) is 17.3. The van der Waals surface area contributed by atoms with Gasteiger partial charge in [0.1, 0.15) is 5.60 Å². The van der Waals surface area contributed by atoms with Crippen LogP contribution in [0.4, 0.5) is 23.7 Å². The molecule has 3 aromatic rings. The molecule has 2 aromatic carbocycles. The van der Waals surface area contributed by atoms with E-state index in [0.717, 1.165) is 6.07 Å². The number of nitrogens with zero attached hydrogens (tertiary/aromatic N) is 2. The van der Waals surface area contributed by atoms with Gasteiger partial charge in [-0.25, -0.2) is 4.79 Å². The largest absolute Gasteiger partial charge is 0.455 e. The van der Waals surface area contributed by atoms with Gasteiger partial charge in [-0.15, -0.1) is 12.4 Å². The van der Waals surface area contributed by atoms with Crippen molar-refractivity contribution in [3.63, 3.8) is 0 Å². The molecule has 12 heteroatoms. The summed E-state index contributed by atoms with van der Waals surface area (Å²) in [6.07, 6.45) is -6.03. The Morgan fingerprint density at radius 2 is 1.82 bits per heavy atom. The van der Waals surface area contributed by atoms with Gasteiger partial charge in [-0.05, 0) is 57.6 Å². The number of halogens is 4. The van der Waals surface area contributed by atoms with E-state index in [4.69, 9.17) is 9.47 Å². The molecule has 1 fully saturated rings. The standard InChI is InChI=1S/C26H26F3N3O5.ClH/c1-25(2,37-22(33)14-31(3)4)21-13-32(24(35)36-21)16-10-9-15-11-20(30-23(34)18(15)12-16)17-7-5-6-8-19(17)26(27,28)29;/h5-12,21H,13-14H2,1-4H3,(H,30,34);1H/t21-;/m0./s1. The maximum Gasteiger partial charge on any atom is 0.417 e. The SMILES string of the molecule is CN(C)CC(=O)OC(C)(C)[C@@H]1CN(c2ccc3cc(-c4ccccc4C(F)(F)F)[nH]c(=O)c3c2)C(=O)O1.Cl. The molecule has 0 aliphatic carbocycles. The summed E-state index contributed by atoms with van der Waals surface area (Å²) < 4.78 is 51.4. The summed E-state index contributed by atoms with van der Waals surface area (Å²) in [5.41, 5.74) is -2.32.